The lowest BCUT2D eigenvalue weighted by atomic mass is 9.88. The van der Waals surface area contributed by atoms with Crippen molar-refractivity contribution < 1.29 is 4.74 Å². The highest BCUT2D eigenvalue weighted by Crippen LogP contribution is 2.51. The van der Waals surface area contributed by atoms with Crippen LogP contribution in [0, 0.1) is 11.8 Å². The Balaban J connectivity index is 1.54. The van der Waals surface area contributed by atoms with Crippen molar-refractivity contribution in [2.45, 2.75) is 38.1 Å². The number of methoxy groups -OCH3 is 1. The molecule has 1 heterocycles. The second-order valence-corrected chi connectivity index (χ2v) is 5.90. The zero-order chi connectivity index (χ0) is 13.1. The molecule has 104 valence electrons. The van der Waals surface area contributed by atoms with Crippen LogP contribution in [-0.4, -0.2) is 30.2 Å². The van der Waals surface area contributed by atoms with Crippen LogP contribution in [0.15, 0.2) is 12.4 Å². The third-order valence-corrected chi connectivity index (χ3v) is 4.61. The first-order valence-electron chi connectivity index (χ1n) is 7.37. The van der Waals surface area contributed by atoms with Gasteiger partial charge >= 0.3 is 0 Å². The summed E-state index contributed by atoms with van der Waals surface area (Å²) in [5.74, 6) is 3.52. The predicted octanol–water partition coefficient (Wildman–Crippen LogP) is 2.12. The van der Waals surface area contributed by atoms with Gasteiger partial charge in [-0.2, -0.15) is 0 Å². The molecule has 2 aliphatic rings. The van der Waals surface area contributed by atoms with Crippen LogP contribution in [0.5, 0.6) is 0 Å². The number of nitrogens with one attached hydrogen (secondary N) is 1. The van der Waals surface area contributed by atoms with E-state index in [1.54, 1.807) is 7.11 Å². The van der Waals surface area contributed by atoms with E-state index in [2.05, 4.69) is 15.3 Å². The molecule has 3 unspecified atom stereocenters. The number of ether oxygens (including phenoxy) is 1. The van der Waals surface area contributed by atoms with Crippen LogP contribution in [-0.2, 0) is 11.3 Å². The average molecular weight is 261 g/mol. The molecule has 19 heavy (non-hydrogen) atoms. The molecule has 1 aromatic rings. The van der Waals surface area contributed by atoms with Gasteiger partial charge in [0.15, 0.2) is 0 Å². The Bertz CT molecular complexity index is 406. The van der Waals surface area contributed by atoms with E-state index in [0.717, 1.165) is 42.9 Å². The minimum Gasteiger partial charge on any atom is -0.383 e. The Kier molecular flexibility index (Phi) is 4.09. The SMILES string of the molecule is COCCNCc1cnc(C2CC3CCC2C3)nc1. The lowest BCUT2D eigenvalue weighted by Crippen LogP contribution is -2.19. The summed E-state index contributed by atoms with van der Waals surface area (Å²) in [5, 5.41) is 3.31. The minimum atomic E-state index is 0.634. The van der Waals surface area contributed by atoms with Crippen LogP contribution in [0.2, 0.25) is 0 Å². The van der Waals surface area contributed by atoms with Crippen molar-refractivity contribution in [3.63, 3.8) is 0 Å². The molecule has 2 saturated carbocycles. The van der Waals surface area contributed by atoms with Gasteiger partial charge in [0.1, 0.15) is 5.82 Å². The van der Waals surface area contributed by atoms with E-state index in [9.17, 15) is 0 Å². The van der Waals surface area contributed by atoms with Gasteiger partial charge in [0.2, 0.25) is 0 Å². The first-order chi connectivity index (χ1) is 9.36. The molecule has 0 amide bonds. The highest BCUT2D eigenvalue weighted by Gasteiger charge is 2.41. The lowest BCUT2D eigenvalue weighted by molar-refractivity contribution is 0.199. The highest BCUT2D eigenvalue weighted by molar-refractivity contribution is 5.11. The van der Waals surface area contributed by atoms with E-state index in [0.29, 0.717) is 5.92 Å². The number of aromatic nitrogens is 2. The molecular weight excluding hydrogens is 238 g/mol. The maximum atomic E-state index is 5.00. The van der Waals surface area contributed by atoms with E-state index in [-0.39, 0.29) is 0 Å². The van der Waals surface area contributed by atoms with Crippen molar-refractivity contribution in [1.29, 1.82) is 0 Å². The van der Waals surface area contributed by atoms with Gasteiger partial charge in [-0.25, -0.2) is 9.97 Å². The van der Waals surface area contributed by atoms with Crippen molar-refractivity contribution in [3.05, 3.63) is 23.8 Å². The molecule has 0 spiro atoms. The fourth-order valence-corrected chi connectivity index (χ4v) is 3.62. The zero-order valence-electron chi connectivity index (χ0n) is 11.6. The first-order valence-corrected chi connectivity index (χ1v) is 7.37. The van der Waals surface area contributed by atoms with E-state index in [4.69, 9.17) is 4.74 Å². The summed E-state index contributed by atoms with van der Waals surface area (Å²) in [6, 6.07) is 0. The fourth-order valence-electron chi connectivity index (χ4n) is 3.62. The number of hydrogen-bond acceptors (Lipinski definition) is 4. The maximum absolute atomic E-state index is 5.00. The van der Waals surface area contributed by atoms with Gasteiger partial charge in [-0.15, -0.1) is 0 Å². The van der Waals surface area contributed by atoms with Crippen LogP contribution in [0.3, 0.4) is 0 Å². The van der Waals surface area contributed by atoms with Crippen molar-refractivity contribution >= 4 is 0 Å². The molecule has 4 heteroatoms. The summed E-state index contributed by atoms with van der Waals surface area (Å²) in [6.45, 7) is 2.43. The van der Waals surface area contributed by atoms with Crippen LogP contribution in [0.25, 0.3) is 0 Å². The number of nitrogens with zero attached hydrogens (tertiary/aromatic N) is 2. The molecule has 3 rings (SSSR count). The van der Waals surface area contributed by atoms with E-state index >= 15 is 0 Å². The third-order valence-electron chi connectivity index (χ3n) is 4.61. The molecule has 2 bridgehead atoms. The molecule has 3 atom stereocenters. The Labute approximate surface area is 115 Å². The van der Waals surface area contributed by atoms with Crippen molar-refractivity contribution in [3.8, 4) is 0 Å². The Morgan fingerprint density at radius 3 is 2.74 bits per heavy atom. The van der Waals surface area contributed by atoms with Crippen molar-refractivity contribution in [2.24, 2.45) is 11.8 Å². The number of rotatable bonds is 6. The topological polar surface area (TPSA) is 47.0 Å². The normalized spacial score (nSPS) is 29.0. The van der Waals surface area contributed by atoms with E-state index in [1.165, 1.54) is 25.7 Å². The average Bonchev–Trinajstić information content (AvgIpc) is 3.07. The Morgan fingerprint density at radius 1 is 1.26 bits per heavy atom. The van der Waals surface area contributed by atoms with Crippen LogP contribution in [0.1, 0.15) is 43.0 Å². The van der Waals surface area contributed by atoms with Crippen LogP contribution < -0.4 is 5.32 Å². The third kappa shape index (κ3) is 2.95. The van der Waals surface area contributed by atoms with Gasteiger partial charge in [0.25, 0.3) is 0 Å². The zero-order valence-corrected chi connectivity index (χ0v) is 11.6. The molecule has 2 aliphatic carbocycles. The second kappa shape index (κ2) is 5.97. The van der Waals surface area contributed by atoms with Crippen LogP contribution >= 0.6 is 0 Å². The first kappa shape index (κ1) is 13.0. The molecule has 0 aromatic carbocycles. The molecule has 1 N–H and O–H groups in total. The van der Waals surface area contributed by atoms with Gasteiger partial charge in [0.05, 0.1) is 6.61 Å². The smallest absolute Gasteiger partial charge is 0.131 e. The van der Waals surface area contributed by atoms with E-state index < -0.39 is 0 Å². The van der Waals surface area contributed by atoms with Gasteiger partial charge in [-0.3, -0.25) is 0 Å². The number of fused-ring (bicyclic) bond motifs is 2. The van der Waals surface area contributed by atoms with E-state index in [1.807, 2.05) is 12.4 Å². The Hall–Kier alpha value is -1.00. The van der Waals surface area contributed by atoms with Gasteiger partial charge in [-0.05, 0) is 31.1 Å². The monoisotopic (exact) mass is 261 g/mol. The highest BCUT2D eigenvalue weighted by atomic mass is 16.5. The molecule has 0 aliphatic heterocycles. The van der Waals surface area contributed by atoms with Gasteiger partial charge < -0.3 is 10.1 Å². The summed E-state index contributed by atoms with van der Waals surface area (Å²) in [5.41, 5.74) is 1.16. The summed E-state index contributed by atoms with van der Waals surface area (Å²) in [6.07, 6.45) is 9.51. The number of hydrogen-bond donors (Lipinski definition) is 1. The van der Waals surface area contributed by atoms with Gasteiger partial charge in [0, 0.05) is 44.1 Å². The quantitative estimate of drug-likeness (QED) is 0.797. The fraction of sp³-hybridized carbons (Fsp3) is 0.733. The molecule has 4 nitrogen and oxygen atoms in total. The van der Waals surface area contributed by atoms with Crippen molar-refractivity contribution in [2.75, 3.05) is 20.3 Å². The molecule has 1 aromatic heterocycles. The predicted molar refractivity (Wildman–Crippen MR) is 73.8 cm³/mol. The molecule has 0 radical (unpaired) electrons. The summed E-state index contributed by atoms with van der Waals surface area (Å²) in [7, 11) is 1.72. The molecular formula is C15H23N3O. The standard InChI is InChI=1S/C15H23N3O/c1-19-5-4-16-8-12-9-17-15(18-10-12)14-7-11-2-3-13(14)6-11/h9-11,13-14,16H,2-8H2,1H3. The molecule has 0 saturated heterocycles. The summed E-state index contributed by atoms with van der Waals surface area (Å²) >= 11 is 0. The molecule has 2 fully saturated rings. The van der Waals surface area contributed by atoms with Crippen LogP contribution in [0.4, 0.5) is 0 Å². The summed E-state index contributed by atoms with van der Waals surface area (Å²) in [4.78, 5) is 9.19. The largest absolute Gasteiger partial charge is 0.383 e. The maximum Gasteiger partial charge on any atom is 0.131 e. The summed E-state index contributed by atoms with van der Waals surface area (Å²) < 4.78 is 5.00. The Morgan fingerprint density at radius 2 is 2.11 bits per heavy atom. The minimum absolute atomic E-state index is 0.634. The second-order valence-electron chi connectivity index (χ2n) is 5.90. The van der Waals surface area contributed by atoms with Gasteiger partial charge in [-0.1, -0.05) is 6.42 Å². The van der Waals surface area contributed by atoms with Crippen molar-refractivity contribution in [1.82, 2.24) is 15.3 Å². The lowest BCUT2D eigenvalue weighted by Gasteiger charge is -2.20.